The molecule has 3 nitrogen and oxygen atoms in total. The third kappa shape index (κ3) is 2.30. The summed E-state index contributed by atoms with van der Waals surface area (Å²) in [5.74, 6) is -0.292. The number of esters is 1. The zero-order valence-corrected chi connectivity index (χ0v) is 10.9. The molecule has 18 heavy (non-hydrogen) atoms. The lowest BCUT2D eigenvalue weighted by atomic mass is 10.0. The number of aromatic nitrogens is 1. The smallest absolute Gasteiger partial charge is 0.331 e. The van der Waals surface area contributed by atoms with Crippen molar-refractivity contribution in [1.82, 2.24) is 4.98 Å². The van der Waals surface area contributed by atoms with Crippen LogP contribution in [0.25, 0.3) is 16.5 Å². The number of benzene rings is 1. The van der Waals surface area contributed by atoms with Gasteiger partial charge < -0.3 is 9.72 Å². The average Bonchev–Trinajstić information content (AvgIpc) is 2.64. The molecule has 94 valence electrons. The van der Waals surface area contributed by atoms with Crippen LogP contribution in [0.4, 0.5) is 0 Å². The van der Waals surface area contributed by atoms with E-state index in [4.69, 9.17) is 4.74 Å². The van der Waals surface area contributed by atoms with Gasteiger partial charge in [0.2, 0.25) is 0 Å². The summed E-state index contributed by atoms with van der Waals surface area (Å²) in [4.78, 5) is 14.8. The number of rotatable bonds is 3. The van der Waals surface area contributed by atoms with Crippen LogP contribution in [0.15, 0.2) is 30.3 Å². The van der Waals surface area contributed by atoms with E-state index in [2.05, 4.69) is 11.1 Å². The second-order valence-electron chi connectivity index (χ2n) is 4.25. The number of carbonyl (C=O) groups is 1. The molecule has 0 saturated heterocycles. The van der Waals surface area contributed by atoms with E-state index < -0.39 is 0 Å². The number of para-hydroxylation sites is 1. The predicted octanol–water partition coefficient (Wildman–Crippen LogP) is 3.44. The van der Waals surface area contributed by atoms with E-state index in [0.717, 1.165) is 27.7 Å². The molecule has 0 aliphatic carbocycles. The van der Waals surface area contributed by atoms with Gasteiger partial charge in [-0.25, -0.2) is 4.79 Å². The molecular formula is C15H17NO2. The van der Waals surface area contributed by atoms with Crippen LogP contribution in [0.2, 0.25) is 0 Å². The number of H-pyrrole nitrogens is 1. The quantitative estimate of drug-likeness (QED) is 0.662. The lowest BCUT2D eigenvalue weighted by Crippen LogP contribution is -2.00. The highest BCUT2D eigenvalue weighted by Crippen LogP contribution is 2.28. The van der Waals surface area contributed by atoms with Crippen molar-refractivity contribution in [2.45, 2.75) is 20.8 Å². The van der Waals surface area contributed by atoms with Gasteiger partial charge in [-0.1, -0.05) is 18.2 Å². The molecule has 3 heteroatoms. The van der Waals surface area contributed by atoms with Crippen LogP contribution in [-0.4, -0.2) is 17.6 Å². The van der Waals surface area contributed by atoms with Gasteiger partial charge in [-0.05, 0) is 32.4 Å². The van der Waals surface area contributed by atoms with E-state index in [9.17, 15) is 4.79 Å². The molecule has 0 spiro atoms. The molecule has 0 amide bonds. The van der Waals surface area contributed by atoms with Gasteiger partial charge in [0.15, 0.2) is 0 Å². The summed E-state index contributed by atoms with van der Waals surface area (Å²) in [6.07, 6.45) is 1.55. The first-order valence-corrected chi connectivity index (χ1v) is 6.06. The van der Waals surface area contributed by atoms with Crippen molar-refractivity contribution in [3.05, 3.63) is 41.6 Å². The van der Waals surface area contributed by atoms with Gasteiger partial charge in [0.05, 0.1) is 6.61 Å². The van der Waals surface area contributed by atoms with Crippen molar-refractivity contribution in [3.63, 3.8) is 0 Å². The highest BCUT2D eigenvalue weighted by molar-refractivity contribution is 5.99. The average molecular weight is 243 g/mol. The first kappa shape index (κ1) is 12.4. The van der Waals surface area contributed by atoms with Crippen LogP contribution >= 0.6 is 0 Å². The van der Waals surface area contributed by atoms with E-state index >= 15 is 0 Å². The number of nitrogens with one attached hydrogen (secondary N) is 1. The maximum Gasteiger partial charge on any atom is 0.331 e. The number of hydrogen-bond donors (Lipinski definition) is 1. The molecule has 1 heterocycles. The molecule has 0 bridgehead atoms. The highest BCUT2D eigenvalue weighted by Gasteiger charge is 2.10. The first-order chi connectivity index (χ1) is 8.63. The first-order valence-electron chi connectivity index (χ1n) is 6.06. The van der Waals surface area contributed by atoms with Crippen molar-refractivity contribution >= 4 is 22.4 Å². The lowest BCUT2D eigenvalue weighted by Gasteiger charge is -2.02. The molecule has 0 atom stereocenters. The van der Waals surface area contributed by atoms with E-state index in [0.29, 0.717) is 6.61 Å². The molecule has 0 aliphatic heterocycles. The minimum atomic E-state index is -0.292. The maximum atomic E-state index is 11.5. The van der Waals surface area contributed by atoms with Crippen LogP contribution in [0, 0.1) is 6.92 Å². The fourth-order valence-corrected chi connectivity index (χ4v) is 2.22. The second-order valence-corrected chi connectivity index (χ2v) is 4.25. The molecule has 1 aromatic heterocycles. The fraction of sp³-hybridized carbons (Fsp3) is 0.267. The summed E-state index contributed by atoms with van der Waals surface area (Å²) < 4.78 is 4.94. The van der Waals surface area contributed by atoms with E-state index in [1.54, 1.807) is 13.0 Å². The minimum Gasteiger partial charge on any atom is -0.463 e. The van der Waals surface area contributed by atoms with E-state index in [1.807, 2.05) is 32.0 Å². The van der Waals surface area contributed by atoms with Gasteiger partial charge in [0.25, 0.3) is 0 Å². The van der Waals surface area contributed by atoms with E-state index in [-0.39, 0.29) is 5.97 Å². The van der Waals surface area contributed by atoms with Gasteiger partial charge in [0.1, 0.15) is 0 Å². The van der Waals surface area contributed by atoms with Gasteiger partial charge in [-0.15, -0.1) is 0 Å². The Labute approximate surface area is 106 Å². The number of ether oxygens (including phenoxy) is 1. The fourth-order valence-electron chi connectivity index (χ4n) is 2.22. The summed E-state index contributed by atoms with van der Waals surface area (Å²) in [5, 5.41) is 1.13. The standard InChI is InChI=1S/C15H17NO2/c1-4-18-14(17)9-10(2)15-11(3)16-13-8-6-5-7-12(13)15/h5-9,16H,4H2,1-3H3. The van der Waals surface area contributed by atoms with Crippen molar-refractivity contribution in [1.29, 1.82) is 0 Å². The number of fused-ring (bicyclic) bond motifs is 1. The number of aromatic amines is 1. The zero-order valence-electron chi connectivity index (χ0n) is 10.9. The highest BCUT2D eigenvalue weighted by atomic mass is 16.5. The third-order valence-electron chi connectivity index (χ3n) is 2.91. The van der Waals surface area contributed by atoms with Gasteiger partial charge in [0, 0.05) is 28.2 Å². The molecule has 2 rings (SSSR count). The summed E-state index contributed by atoms with van der Waals surface area (Å²) in [7, 11) is 0. The Morgan fingerprint density at radius 1 is 1.39 bits per heavy atom. The number of allylic oxidation sites excluding steroid dienone is 1. The maximum absolute atomic E-state index is 11.5. The minimum absolute atomic E-state index is 0.292. The molecule has 1 N–H and O–H groups in total. The Balaban J connectivity index is 2.47. The van der Waals surface area contributed by atoms with Gasteiger partial charge in [-0.2, -0.15) is 0 Å². The molecule has 0 unspecified atom stereocenters. The van der Waals surface area contributed by atoms with Crippen molar-refractivity contribution in [3.8, 4) is 0 Å². The van der Waals surface area contributed by atoms with Gasteiger partial charge >= 0.3 is 5.97 Å². The summed E-state index contributed by atoms with van der Waals surface area (Å²) in [6.45, 7) is 6.14. The summed E-state index contributed by atoms with van der Waals surface area (Å²) in [5.41, 5.74) is 4.15. The number of aryl methyl sites for hydroxylation is 1. The third-order valence-corrected chi connectivity index (χ3v) is 2.91. The molecule has 0 radical (unpaired) electrons. The SMILES string of the molecule is CCOC(=O)C=C(C)c1c(C)[nH]c2ccccc12. The van der Waals surface area contributed by atoms with Crippen LogP contribution in [0.5, 0.6) is 0 Å². The Morgan fingerprint density at radius 3 is 2.83 bits per heavy atom. The molecule has 2 aromatic rings. The lowest BCUT2D eigenvalue weighted by molar-refractivity contribution is -0.137. The largest absolute Gasteiger partial charge is 0.463 e. The van der Waals surface area contributed by atoms with Crippen LogP contribution in [0.1, 0.15) is 25.1 Å². The van der Waals surface area contributed by atoms with Crippen LogP contribution < -0.4 is 0 Å². The topological polar surface area (TPSA) is 42.1 Å². The molecule has 0 aliphatic rings. The summed E-state index contributed by atoms with van der Waals surface area (Å²) >= 11 is 0. The van der Waals surface area contributed by atoms with Crippen LogP contribution in [-0.2, 0) is 9.53 Å². The van der Waals surface area contributed by atoms with Crippen molar-refractivity contribution < 1.29 is 9.53 Å². The Hall–Kier alpha value is -2.03. The van der Waals surface area contributed by atoms with Crippen molar-refractivity contribution in [2.24, 2.45) is 0 Å². The molecule has 1 aromatic carbocycles. The Kier molecular flexibility index (Phi) is 3.51. The second kappa shape index (κ2) is 5.08. The zero-order chi connectivity index (χ0) is 13.1. The van der Waals surface area contributed by atoms with Crippen molar-refractivity contribution in [2.75, 3.05) is 6.61 Å². The Bertz CT molecular complexity index is 608. The number of hydrogen-bond acceptors (Lipinski definition) is 2. The van der Waals surface area contributed by atoms with Gasteiger partial charge in [-0.3, -0.25) is 0 Å². The monoisotopic (exact) mass is 243 g/mol. The summed E-state index contributed by atoms with van der Waals surface area (Å²) in [6, 6.07) is 8.07. The predicted molar refractivity (Wildman–Crippen MR) is 73.3 cm³/mol. The Morgan fingerprint density at radius 2 is 2.11 bits per heavy atom. The van der Waals surface area contributed by atoms with Crippen LogP contribution in [0.3, 0.4) is 0 Å². The normalized spacial score (nSPS) is 11.8. The molecule has 0 saturated carbocycles. The number of carbonyl (C=O) groups excluding carboxylic acids is 1. The van der Waals surface area contributed by atoms with E-state index in [1.165, 1.54) is 0 Å². The molecular weight excluding hydrogens is 226 g/mol. The molecule has 0 fully saturated rings.